The van der Waals surface area contributed by atoms with Crippen LogP contribution in [0.1, 0.15) is 54.8 Å². The molecule has 1 saturated carbocycles. The van der Waals surface area contributed by atoms with Gasteiger partial charge >= 0.3 is 0 Å². The number of hydrogen-bond acceptors (Lipinski definition) is 3. The van der Waals surface area contributed by atoms with E-state index in [4.69, 9.17) is 0 Å². The van der Waals surface area contributed by atoms with Gasteiger partial charge in [-0.25, -0.2) is 0 Å². The number of rotatable bonds is 5. The molecule has 0 bridgehead atoms. The average Bonchev–Trinajstić information content (AvgIpc) is 3.19. The van der Waals surface area contributed by atoms with Gasteiger partial charge in [0.15, 0.2) is 0 Å². The Bertz CT molecular complexity index is 447. The third-order valence-electron chi connectivity index (χ3n) is 4.48. The first kappa shape index (κ1) is 14.3. The maximum Gasteiger partial charge on any atom is 0.0766 e. The van der Waals surface area contributed by atoms with E-state index in [1.165, 1.54) is 41.9 Å². The van der Waals surface area contributed by atoms with E-state index in [0.717, 1.165) is 5.92 Å². The Kier molecular flexibility index (Phi) is 4.92. The molecule has 0 atom stereocenters. The molecule has 20 heavy (non-hydrogen) atoms. The summed E-state index contributed by atoms with van der Waals surface area (Å²) in [6.07, 6.45) is 6.83. The lowest BCUT2D eigenvalue weighted by molar-refractivity contribution is 0.278. The fraction of sp³-hybridized carbons (Fsp3) is 0.529. The average molecular weight is 306 g/mol. The minimum Gasteiger partial charge on any atom is -0.302 e. The zero-order chi connectivity index (χ0) is 13.8. The number of thiophene rings is 2. The predicted octanol–water partition coefficient (Wildman–Crippen LogP) is 5.46. The zero-order valence-electron chi connectivity index (χ0n) is 12.0. The summed E-state index contributed by atoms with van der Waals surface area (Å²) in [4.78, 5) is 2.90. The van der Waals surface area contributed by atoms with Crippen LogP contribution < -0.4 is 5.32 Å². The summed E-state index contributed by atoms with van der Waals surface area (Å²) in [5.41, 5.74) is 0. The van der Waals surface area contributed by atoms with Crippen LogP contribution in [0, 0.1) is 5.92 Å². The maximum atomic E-state index is 3.93. The molecule has 108 valence electrons. The first-order chi connectivity index (χ1) is 9.86. The van der Waals surface area contributed by atoms with Gasteiger partial charge in [0.25, 0.3) is 0 Å². The van der Waals surface area contributed by atoms with Crippen molar-refractivity contribution in [1.82, 2.24) is 5.32 Å². The van der Waals surface area contributed by atoms with Gasteiger partial charge in [-0.05, 0) is 54.5 Å². The minimum atomic E-state index is 0.401. The van der Waals surface area contributed by atoms with Gasteiger partial charge in [0, 0.05) is 15.8 Å². The van der Waals surface area contributed by atoms with Crippen LogP contribution in [0.4, 0.5) is 0 Å². The van der Waals surface area contributed by atoms with Crippen molar-refractivity contribution >= 4 is 22.7 Å². The molecule has 1 N–H and O–H groups in total. The van der Waals surface area contributed by atoms with E-state index in [-0.39, 0.29) is 0 Å². The fourth-order valence-electron chi connectivity index (χ4n) is 3.19. The summed E-state index contributed by atoms with van der Waals surface area (Å²) < 4.78 is 0. The van der Waals surface area contributed by atoms with Gasteiger partial charge in [-0.15, -0.1) is 22.7 Å². The summed E-state index contributed by atoms with van der Waals surface area (Å²) in [7, 11) is 0. The summed E-state index contributed by atoms with van der Waals surface area (Å²) in [6.45, 7) is 2.33. The van der Waals surface area contributed by atoms with Crippen molar-refractivity contribution in [3.05, 3.63) is 44.8 Å². The van der Waals surface area contributed by atoms with Crippen LogP contribution in [0.15, 0.2) is 35.0 Å². The van der Waals surface area contributed by atoms with E-state index in [1.54, 1.807) is 0 Å². The van der Waals surface area contributed by atoms with Gasteiger partial charge in [-0.1, -0.05) is 25.5 Å². The van der Waals surface area contributed by atoms with Crippen LogP contribution in [0.5, 0.6) is 0 Å². The molecule has 2 aromatic heterocycles. The Morgan fingerprint density at radius 2 is 1.65 bits per heavy atom. The van der Waals surface area contributed by atoms with Gasteiger partial charge in [0.2, 0.25) is 0 Å². The fourth-order valence-corrected chi connectivity index (χ4v) is 4.87. The van der Waals surface area contributed by atoms with Crippen LogP contribution in [0.25, 0.3) is 0 Å². The van der Waals surface area contributed by atoms with Gasteiger partial charge in [-0.3, -0.25) is 0 Å². The van der Waals surface area contributed by atoms with Crippen molar-refractivity contribution < 1.29 is 0 Å². The zero-order valence-corrected chi connectivity index (χ0v) is 13.7. The van der Waals surface area contributed by atoms with Crippen molar-refractivity contribution in [1.29, 1.82) is 0 Å². The highest BCUT2D eigenvalue weighted by Gasteiger charge is 2.24. The molecule has 1 aliphatic rings. The third kappa shape index (κ3) is 3.33. The quantitative estimate of drug-likeness (QED) is 0.773. The molecule has 0 aliphatic heterocycles. The van der Waals surface area contributed by atoms with Crippen LogP contribution in [0.3, 0.4) is 0 Å². The highest BCUT2D eigenvalue weighted by Crippen LogP contribution is 2.33. The predicted molar refractivity (Wildman–Crippen MR) is 89.7 cm³/mol. The van der Waals surface area contributed by atoms with Crippen LogP contribution in [0.2, 0.25) is 0 Å². The molecule has 2 heterocycles. The molecule has 0 saturated heterocycles. The second-order valence-electron chi connectivity index (χ2n) is 5.76. The van der Waals surface area contributed by atoms with Crippen molar-refractivity contribution in [3.63, 3.8) is 0 Å². The molecule has 1 aliphatic carbocycles. The molecule has 0 amide bonds. The van der Waals surface area contributed by atoms with Gasteiger partial charge < -0.3 is 5.32 Å². The molecule has 1 nitrogen and oxygen atoms in total. The van der Waals surface area contributed by atoms with Crippen molar-refractivity contribution in [2.24, 2.45) is 5.92 Å². The van der Waals surface area contributed by atoms with E-state index in [9.17, 15) is 0 Å². The summed E-state index contributed by atoms with van der Waals surface area (Å²) in [5.74, 6) is 0.968. The topological polar surface area (TPSA) is 12.0 Å². The van der Waals surface area contributed by atoms with Gasteiger partial charge in [0.1, 0.15) is 0 Å². The Morgan fingerprint density at radius 1 is 1.05 bits per heavy atom. The maximum absolute atomic E-state index is 3.93. The highest BCUT2D eigenvalue weighted by atomic mass is 32.1. The molecule has 0 radical (unpaired) electrons. The summed E-state index contributed by atoms with van der Waals surface area (Å²) in [5, 5.41) is 8.30. The molecule has 3 rings (SSSR count). The molecular formula is C17H23NS2. The first-order valence-corrected chi connectivity index (χ1v) is 9.45. The molecule has 3 heteroatoms. The van der Waals surface area contributed by atoms with E-state index in [0.29, 0.717) is 12.1 Å². The van der Waals surface area contributed by atoms with Crippen molar-refractivity contribution in [2.75, 3.05) is 0 Å². The lowest BCUT2D eigenvalue weighted by Crippen LogP contribution is -2.35. The van der Waals surface area contributed by atoms with Gasteiger partial charge in [0.05, 0.1) is 6.04 Å². The lowest BCUT2D eigenvalue weighted by atomic mass is 9.84. The molecule has 0 spiro atoms. The summed E-state index contributed by atoms with van der Waals surface area (Å²) in [6, 6.07) is 9.94. The minimum absolute atomic E-state index is 0.401. The molecule has 1 fully saturated rings. The standard InChI is InChI=1S/C17H23NS2/c1-2-13-7-9-14(10-8-13)18-17(15-5-3-11-19-15)16-6-4-12-20-16/h3-6,11-14,17-18H,2,7-10H2,1H3. The molecule has 0 aromatic carbocycles. The lowest BCUT2D eigenvalue weighted by Gasteiger charge is -2.31. The van der Waals surface area contributed by atoms with Crippen LogP contribution in [-0.4, -0.2) is 6.04 Å². The Hall–Kier alpha value is -0.640. The number of hydrogen-bond donors (Lipinski definition) is 1. The normalized spacial score (nSPS) is 23.3. The van der Waals surface area contributed by atoms with E-state index < -0.39 is 0 Å². The SMILES string of the molecule is CCC1CCC(NC(c2cccs2)c2cccs2)CC1. The largest absolute Gasteiger partial charge is 0.302 e. The van der Waals surface area contributed by atoms with Crippen molar-refractivity contribution in [3.8, 4) is 0 Å². The molecule has 2 aromatic rings. The second-order valence-corrected chi connectivity index (χ2v) is 7.71. The van der Waals surface area contributed by atoms with Gasteiger partial charge in [-0.2, -0.15) is 0 Å². The smallest absolute Gasteiger partial charge is 0.0766 e. The Balaban J connectivity index is 1.69. The molecule has 0 unspecified atom stereocenters. The third-order valence-corrected chi connectivity index (χ3v) is 6.36. The van der Waals surface area contributed by atoms with E-state index in [1.807, 2.05) is 22.7 Å². The first-order valence-electron chi connectivity index (χ1n) is 7.69. The Morgan fingerprint density at radius 3 is 2.10 bits per heavy atom. The Labute approximate surface area is 130 Å². The second kappa shape index (κ2) is 6.88. The highest BCUT2D eigenvalue weighted by molar-refractivity contribution is 7.11. The van der Waals surface area contributed by atoms with Crippen molar-refractivity contribution in [2.45, 2.75) is 51.1 Å². The van der Waals surface area contributed by atoms with E-state index in [2.05, 4.69) is 47.3 Å². The van der Waals surface area contributed by atoms with E-state index >= 15 is 0 Å². The molecular weight excluding hydrogens is 282 g/mol. The monoisotopic (exact) mass is 305 g/mol. The van der Waals surface area contributed by atoms with Crippen LogP contribution in [-0.2, 0) is 0 Å². The summed E-state index contributed by atoms with van der Waals surface area (Å²) >= 11 is 3.73. The van der Waals surface area contributed by atoms with Crippen LogP contribution >= 0.6 is 22.7 Å². The number of nitrogens with one attached hydrogen (secondary N) is 1.